The third-order valence-electron chi connectivity index (χ3n) is 24.0. The van der Waals surface area contributed by atoms with E-state index in [0.29, 0.717) is 73.8 Å². The van der Waals surface area contributed by atoms with Crippen LogP contribution < -0.4 is 26.2 Å². The van der Waals surface area contributed by atoms with Gasteiger partial charge >= 0.3 is 0 Å². The van der Waals surface area contributed by atoms with Crippen molar-refractivity contribution in [1.29, 1.82) is 0 Å². The van der Waals surface area contributed by atoms with Crippen molar-refractivity contribution in [3.8, 4) is 84.6 Å². The highest BCUT2D eigenvalue weighted by Gasteiger charge is 2.46. The van der Waals surface area contributed by atoms with E-state index in [-0.39, 0.29) is 65.8 Å². The molecule has 6 heterocycles. The lowest BCUT2D eigenvalue weighted by molar-refractivity contribution is 0.590. The van der Waals surface area contributed by atoms with Crippen LogP contribution in [0.4, 0.5) is 34.1 Å². The lowest BCUT2D eigenvalue weighted by Gasteiger charge is -2.46. The molecule has 2 aliphatic rings. The van der Waals surface area contributed by atoms with Gasteiger partial charge in [-0.2, -0.15) is 0 Å². The predicted molar refractivity (Wildman–Crippen MR) is 506 cm³/mol. The van der Waals surface area contributed by atoms with E-state index in [1.54, 1.807) is 9.13 Å². The summed E-state index contributed by atoms with van der Waals surface area (Å²) in [5.74, 6) is 1.06. The maximum atomic E-state index is 10.1. The van der Waals surface area contributed by atoms with Crippen LogP contribution in [0.15, 0.2) is 364 Å². The Balaban J connectivity index is 0.983. The minimum absolute atomic E-state index is 0.0773. The molecule has 8 nitrogen and oxygen atoms in total. The molecule has 2 aliphatic heterocycles. The standard InChI is InChI=1S/C111H87BN8/c1-109(2,3)76-52-59-98-88(62-76)89-63-77(110(4,5)6)53-60-99(89)118(98)81-68-102-104-103(69-81)120(105-87(72-37-19-12-20-38-72)64-78(111(7,8)9)65-90(105)108-114-106(73-39-21-13-22-40-73)113-107(115-108)74-41-23-14-24-42-74)101-67-80(117-95-49-31-27-45-84(95)85-46-28-32-50-96(85)117)55-57-92(101)112(104)91-56-54-79(116-93-47-29-25-43-82(93)83-44-26-30-48-94(83)116)66-100(91)119(102)97-58-51-75(70-33-15-10-16-34-70)61-86(97)71-35-17-11-18-36-71/h10-69H,1-9H3/i25D,26D,27D,28D,29D,30D,31D,32D,43D,44D,45D,46D,47D,48D,49D,50D. The average Bonchev–Trinajstić information content (AvgIpc) is 1.51. The molecule has 0 fully saturated rings. The number of hydrogen-bond acceptors (Lipinski definition) is 5. The molecule has 16 aromatic carbocycles. The largest absolute Gasteiger partial charge is 0.311 e. The van der Waals surface area contributed by atoms with Crippen LogP contribution in [-0.2, 0) is 16.2 Å². The molecule has 0 amide bonds. The number of para-hydroxylation sites is 4. The Hall–Kier alpha value is -14.4. The summed E-state index contributed by atoms with van der Waals surface area (Å²) in [5, 5.41) is 1.57. The first kappa shape index (κ1) is 56.8. The molecular formula is C111H87BN8. The van der Waals surface area contributed by atoms with Crippen molar-refractivity contribution in [2.24, 2.45) is 0 Å². The van der Waals surface area contributed by atoms with Gasteiger partial charge < -0.3 is 23.5 Å². The lowest BCUT2D eigenvalue weighted by atomic mass is 9.33. The van der Waals surface area contributed by atoms with Crippen LogP contribution in [0.3, 0.4) is 0 Å². The summed E-state index contributed by atoms with van der Waals surface area (Å²) in [6, 6.07) is 82.0. The van der Waals surface area contributed by atoms with Gasteiger partial charge in [-0.05, 0) is 181 Å². The van der Waals surface area contributed by atoms with Crippen LogP contribution in [0.1, 0.15) is 101 Å². The first-order valence-corrected chi connectivity index (χ1v) is 40.6. The van der Waals surface area contributed by atoms with Crippen LogP contribution in [-0.4, -0.2) is 35.4 Å². The molecule has 0 spiro atoms. The van der Waals surface area contributed by atoms with E-state index in [1.165, 1.54) is 0 Å². The normalized spacial score (nSPS) is 14.7. The number of rotatable bonds is 11. The Morgan fingerprint density at radius 1 is 0.258 bits per heavy atom. The van der Waals surface area contributed by atoms with E-state index in [2.05, 4.69) is 192 Å². The van der Waals surface area contributed by atoms with Crippen molar-refractivity contribution in [2.45, 2.75) is 78.6 Å². The molecule has 22 rings (SSSR count). The summed E-state index contributed by atoms with van der Waals surface area (Å²) in [5.41, 5.74) is 17.2. The fourth-order valence-corrected chi connectivity index (χ4v) is 18.1. The number of hydrogen-bond donors (Lipinski definition) is 0. The summed E-state index contributed by atoms with van der Waals surface area (Å²) < 4.78 is 160. The van der Waals surface area contributed by atoms with Crippen LogP contribution >= 0.6 is 0 Å². The first-order valence-electron chi connectivity index (χ1n) is 48.6. The number of fused-ring (bicyclic) bond motifs is 13. The third kappa shape index (κ3) is 11.8. The topological polar surface area (TPSA) is 59.9 Å². The van der Waals surface area contributed by atoms with E-state index >= 15 is 0 Å². The van der Waals surface area contributed by atoms with Crippen molar-refractivity contribution in [2.75, 3.05) is 9.80 Å². The Labute approximate surface area is 722 Å². The molecule has 120 heavy (non-hydrogen) atoms. The molecule has 0 saturated carbocycles. The molecule has 0 unspecified atom stereocenters. The minimum atomic E-state index is -0.894. The van der Waals surface area contributed by atoms with E-state index in [4.69, 9.17) is 15.0 Å². The van der Waals surface area contributed by atoms with Gasteiger partial charge in [-0.15, -0.1) is 0 Å². The number of aromatic nitrogens is 6. The van der Waals surface area contributed by atoms with Gasteiger partial charge in [-0.25, -0.2) is 15.0 Å². The number of nitrogens with zero attached hydrogens (tertiary/aromatic N) is 8. The molecule has 20 aromatic rings. The van der Waals surface area contributed by atoms with Gasteiger partial charge in [0.2, 0.25) is 0 Å². The van der Waals surface area contributed by atoms with Crippen LogP contribution in [0.5, 0.6) is 0 Å². The summed E-state index contributed by atoms with van der Waals surface area (Å²) in [7, 11) is 0. The maximum absolute atomic E-state index is 10.1. The van der Waals surface area contributed by atoms with Gasteiger partial charge in [0.15, 0.2) is 17.5 Å². The SMILES string of the molecule is [2H]c1c([2H])c([2H])c2c(c1[2H])c1c([2H])c([2H])c([2H])c([2H])c1n2-c1ccc2c(c1)N(c1ccc(-c3ccccc3)cc1-c1ccccc1)c1cc(-n3c4ccc(C(C)(C)C)cc4c4cc(C(C)(C)C)ccc43)cc3c1B2c1ccc(-n2c4c([2H])c([2H])c([2H])c([2H])c4c4c([2H])c([2H])c([2H])c([2H])c42)cc1N3c1c(-c2ccccc2)cc(C(C)(C)C)cc1-c1nc(-c2ccccc2)nc(-c2ccccc2)n1. The van der Waals surface area contributed by atoms with Gasteiger partial charge in [0.25, 0.3) is 6.71 Å². The third-order valence-corrected chi connectivity index (χ3v) is 24.0. The fraction of sp³-hybridized carbons (Fsp3) is 0.108. The summed E-state index contributed by atoms with van der Waals surface area (Å²) in [4.78, 5) is 21.3. The first-order chi connectivity index (χ1) is 65.1. The molecule has 0 bridgehead atoms. The van der Waals surface area contributed by atoms with Crippen LogP contribution in [0.2, 0.25) is 0 Å². The fourth-order valence-electron chi connectivity index (χ4n) is 18.1. The molecule has 9 heteroatoms. The molecule has 0 radical (unpaired) electrons. The van der Waals surface area contributed by atoms with Crippen molar-refractivity contribution in [1.82, 2.24) is 28.7 Å². The van der Waals surface area contributed by atoms with Gasteiger partial charge in [0, 0.05) is 94.3 Å². The average molecular weight is 1560 g/mol. The molecule has 0 aliphatic carbocycles. The van der Waals surface area contributed by atoms with E-state index in [0.717, 1.165) is 88.5 Å². The van der Waals surface area contributed by atoms with Gasteiger partial charge in [-0.3, -0.25) is 0 Å². The predicted octanol–water partition coefficient (Wildman–Crippen LogP) is 27.1. The smallest absolute Gasteiger partial charge is 0.252 e. The van der Waals surface area contributed by atoms with Crippen molar-refractivity contribution in [3.05, 3.63) is 380 Å². The second-order valence-electron chi connectivity index (χ2n) is 34.4. The Morgan fingerprint density at radius 2 is 0.633 bits per heavy atom. The van der Waals surface area contributed by atoms with E-state index in [1.807, 2.05) is 152 Å². The molecule has 0 atom stereocenters. The minimum Gasteiger partial charge on any atom is -0.311 e. The van der Waals surface area contributed by atoms with Crippen LogP contribution in [0, 0.1) is 0 Å². The highest BCUT2D eigenvalue weighted by atomic mass is 15.2. The lowest BCUT2D eigenvalue weighted by Crippen LogP contribution is -2.61. The Bertz CT molecular complexity index is 8280. The van der Waals surface area contributed by atoms with Gasteiger partial charge in [-0.1, -0.05) is 317 Å². The van der Waals surface area contributed by atoms with Crippen molar-refractivity contribution < 1.29 is 21.9 Å². The van der Waals surface area contributed by atoms with Crippen molar-refractivity contribution in [3.63, 3.8) is 0 Å². The summed E-state index contributed by atoms with van der Waals surface area (Å²) in [6.45, 7) is 18.9. The second kappa shape index (κ2) is 27.6. The van der Waals surface area contributed by atoms with E-state index < -0.39 is 109 Å². The maximum Gasteiger partial charge on any atom is 0.252 e. The molecule has 0 N–H and O–H groups in total. The number of benzene rings is 16. The highest BCUT2D eigenvalue weighted by Crippen LogP contribution is 2.55. The highest BCUT2D eigenvalue weighted by molar-refractivity contribution is 7.00. The monoisotopic (exact) mass is 1560 g/mol. The quantitative estimate of drug-likeness (QED) is 0.121. The van der Waals surface area contributed by atoms with Gasteiger partial charge in [0.05, 0.1) is 72.1 Å². The summed E-state index contributed by atoms with van der Waals surface area (Å²) >= 11 is 0. The molecular weight excluding hydrogens is 1460 g/mol. The number of anilines is 6. The van der Waals surface area contributed by atoms with Gasteiger partial charge in [0.1, 0.15) is 0 Å². The van der Waals surface area contributed by atoms with E-state index in [9.17, 15) is 21.9 Å². The molecule has 0 saturated heterocycles. The zero-order valence-corrected chi connectivity index (χ0v) is 67.6. The zero-order valence-electron chi connectivity index (χ0n) is 83.6. The van der Waals surface area contributed by atoms with Crippen LogP contribution in [0.25, 0.3) is 150 Å². The molecule has 4 aromatic heterocycles. The Morgan fingerprint density at radius 3 is 1.08 bits per heavy atom. The zero-order chi connectivity index (χ0) is 95.0. The Kier molecular flexibility index (Phi) is 13.1. The molecule has 574 valence electrons. The second-order valence-corrected chi connectivity index (χ2v) is 34.4. The van der Waals surface area contributed by atoms with Crippen molar-refractivity contribution >= 4 is 123 Å². The summed E-state index contributed by atoms with van der Waals surface area (Å²) in [6.07, 6.45) is 0.